The van der Waals surface area contributed by atoms with Gasteiger partial charge in [-0.2, -0.15) is 0 Å². The predicted octanol–water partition coefficient (Wildman–Crippen LogP) is 0.828. The topological polar surface area (TPSA) is 63.4 Å². The molecule has 2 heterocycles. The van der Waals surface area contributed by atoms with Crippen LogP contribution in [-0.4, -0.2) is 37.4 Å². The number of halogens is 1. The van der Waals surface area contributed by atoms with Crippen molar-refractivity contribution < 1.29 is 12.8 Å². The van der Waals surface area contributed by atoms with Crippen LogP contribution in [-0.2, 0) is 16.4 Å². The highest BCUT2D eigenvalue weighted by Crippen LogP contribution is 2.37. The highest BCUT2D eigenvalue weighted by atomic mass is 32.2. The average Bonchev–Trinajstić information content (AvgIpc) is 2.88. The Kier molecular flexibility index (Phi) is 3.11. The summed E-state index contributed by atoms with van der Waals surface area (Å²) < 4.78 is 36.5. The lowest BCUT2D eigenvalue weighted by Crippen LogP contribution is -2.37. The molecule has 2 atom stereocenters. The van der Waals surface area contributed by atoms with Gasteiger partial charge in [0.2, 0.25) is 0 Å². The van der Waals surface area contributed by atoms with Crippen molar-refractivity contribution >= 4 is 9.84 Å². The molecule has 1 fully saturated rings. The molecule has 0 aliphatic carbocycles. The molecule has 0 aromatic heterocycles. The Balaban J connectivity index is 1.90. The van der Waals surface area contributed by atoms with Crippen LogP contribution in [0.25, 0.3) is 0 Å². The van der Waals surface area contributed by atoms with E-state index in [-0.39, 0.29) is 29.4 Å². The average molecular weight is 284 g/mol. The van der Waals surface area contributed by atoms with E-state index in [1.165, 1.54) is 12.1 Å². The predicted molar refractivity (Wildman–Crippen MR) is 70.8 cm³/mol. The molecule has 1 aromatic rings. The summed E-state index contributed by atoms with van der Waals surface area (Å²) in [7, 11) is -2.92. The summed E-state index contributed by atoms with van der Waals surface area (Å²) in [5.74, 6) is 0.175. The maximum atomic E-state index is 13.3. The molecule has 2 aliphatic rings. The van der Waals surface area contributed by atoms with E-state index in [0.717, 1.165) is 11.1 Å². The summed E-state index contributed by atoms with van der Waals surface area (Å²) >= 11 is 0. The monoisotopic (exact) mass is 284 g/mol. The van der Waals surface area contributed by atoms with Gasteiger partial charge in [0.25, 0.3) is 0 Å². The minimum atomic E-state index is -2.92. The van der Waals surface area contributed by atoms with Gasteiger partial charge in [-0.3, -0.25) is 4.90 Å². The normalized spacial score (nSPS) is 29.6. The third kappa shape index (κ3) is 2.28. The molecule has 0 bridgehead atoms. The van der Waals surface area contributed by atoms with Crippen molar-refractivity contribution in [1.82, 2.24) is 4.90 Å². The molecular formula is C13H17FN2O2S. The summed E-state index contributed by atoms with van der Waals surface area (Å²) in [5, 5.41) is 0. The third-order valence-electron chi connectivity index (χ3n) is 4.12. The molecule has 19 heavy (non-hydrogen) atoms. The second-order valence-electron chi connectivity index (χ2n) is 5.32. The van der Waals surface area contributed by atoms with Crippen LogP contribution in [0.4, 0.5) is 4.39 Å². The minimum absolute atomic E-state index is 0.00834. The SMILES string of the molecule is NCC1c2cc(F)ccc2CN1C1CCS(=O)(=O)C1. The Morgan fingerprint density at radius 3 is 2.84 bits per heavy atom. The molecule has 3 rings (SSSR count). The van der Waals surface area contributed by atoms with E-state index in [1.54, 1.807) is 6.07 Å². The molecule has 2 N–H and O–H groups in total. The molecule has 104 valence electrons. The quantitative estimate of drug-likeness (QED) is 0.873. The summed E-state index contributed by atoms with van der Waals surface area (Å²) in [4.78, 5) is 2.12. The van der Waals surface area contributed by atoms with Crippen LogP contribution in [0.3, 0.4) is 0 Å². The maximum absolute atomic E-state index is 13.3. The number of sulfone groups is 1. The van der Waals surface area contributed by atoms with Gasteiger partial charge in [-0.25, -0.2) is 12.8 Å². The Morgan fingerprint density at radius 2 is 2.21 bits per heavy atom. The Labute approximate surface area is 112 Å². The van der Waals surface area contributed by atoms with Gasteiger partial charge in [0, 0.05) is 25.2 Å². The van der Waals surface area contributed by atoms with Gasteiger partial charge < -0.3 is 5.73 Å². The molecule has 0 amide bonds. The van der Waals surface area contributed by atoms with Crippen molar-refractivity contribution in [3.05, 3.63) is 35.1 Å². The number of rotatable bonds is 2. The van der Waals surface area contributed by atoms with Crippen LogP contribution in [0.5, 0.6) is 0 Å². The Bertz CT molecular complexity index is 603. The van der Waals surface area contributed by atoms with E-state index < -0.39 is 9.84 Å². The van der Waals surface area contributed by atoms with Gasteiger partial charge in [0.1, 0.15) is 5.82 Å². The van der Waals surface area contributed by atoms with Crippen molar-refractivity contribution in [3.63, 3.8) is 0 Å². The second kappa shape index (κ2) is 4.54. The van der Waals surface area contributed by atoms with Gasteiger partial charge in [-0.15, -0.1) is 0 Å². The molecule has 1 aromatic carbocycles. The molecule has 0 radical (unpaired) electrons. The van der Waals surface area contributed by atoms with E-state index >= 15 is 0 Å². The zero-order chi connectivity index (χ0) is 13.6. The Hall–Kier alpha value is -0.980. The van der Waals surface area contributed by atoms with Crippen LogP contribution < -0.4 is 5.73 Å². The lowest BCUT2D eigenvalue weighted by Gasteiger charge is -2.29. The highest BCUT2D eigenvalue weighted by molar-refractivity contribution is 7.91. The zero-order valence-corrected chi connectivity index (χ0v) is 11.4. The van der Waals surface area contributed by atoms with Gasteiger partial charge >= 0.3 is 0 Å². The highest BCUT2D eigenvalue weighted by Gasteiger charge is 2.39. The number of nitrogens with zero attached hydrogens (tertiary/aromatic N) is 1. The fourth-order valence-electron chi connectivity index (χ4n) is 3.19. The fourth-order valence-corrected chi connectivity index (χ4v) is 4.93. The molecule has 0 saturated carbocycles. The van der Waals surface area contributed by atoms with Crippen molar-refractivity contribution in [2.45, 2.75) is 25.0 Å². The summed E-state index contributed by atoms with van der Waals surface area (Å²) in [6.45, 7) is 1.05. The number of fused-ring (bicyclic) bond motifs is 1. The third-order valence-corrected chi connectivity index (χ3v) is 5.87. The van der Waals surface area contributed by atoms with Crippen LogP contribution in [0.1, 0.15) is 23.6 Å². The van der Waals surface area contributed by atoms with Crippen LogP contribution in [0.15, 0.2) is 18.2 Å². The number of benzene rings is 1. The Morgan fingerprint density at radius 1 is 1.42 bits per heavy atom. The molecule has 6 heteroatoms. The first kappa shape index (κ1) is 13.0. The molecule has 1 saturated heterocycles. The van der Waals surface area contributed by atoms with Crippen molar-refractivity contribution in [2.75, 3.05) is 18.1 Å². The summed E-state index contributed by atoms with van der Waals surface area (Å²) in [5.41, 5.74) is 7.78. The van der Waals surface area contributed by atoms with Gasteiger partial charge in [0.05, 0.1) is 11.5 Å². The molecule has 0 spiro atoms. The van der Waals surface area contributed by atoms with Gasteiger partial charge in [-0.1, -0.05) is 6.07 Å². The van der Waals surface area contributed by atoms with E-state index in [9.17, 15) is 12.8 Å². The van der Waals surface area contributed by atoms with Crippen LogP contribution in [0.2, 0.25) is 0 Å². The van der Waals surface area contributed by atoms with Crippen molar-refractivity contribution in [1.29, 1.82) is 0 Å². The standard InChI is InChI=1S/C13H17FN2O2S/c14-10-2-1-9-7-16(13(6-15)12(9)5-10)11-3-4-19(17,18)8-11/h1-2,5,11,13H,3-4,6-8,15H2. The molecule has 4 nitrogen and oxygen atoms in total. The smallest absolute Gasteiger partial charge is 0.151 e. The number of hydrogen-bond donors (Lipinski definition) is 1. The largest absolute Gasteiger partial charge is 0.329 e. The van der Waals surface area contributed by atoms with Gasteiger partial charge in [-0.05, 0) is 29.7 Å². The first-order chi connectivity index (χ1) is 9.00. The number of nitrogens with two attached hydrogens (primary N) is 1. The lowest BCUT2D eigenvalue weighted by molar-refractivity contribution is 0.164. The van der Waals surface area contributed by atoms with E-state index in [2.05, 4.69) is 4.90 Å². The van der Waals surface area contributed by atoms with Crippen molar-refractivity contribution in [3.8, 4) is 0 Å². The number of hydrogen-bond acceptors (Lipinski definition) is 4. The first-order valence-electron chi connectivity index (χ1n) is 6.45. The summed E-state index contributed by atoms with van der Waals surface area (Å²) in [6, 6.07) is 4.69. The van der Waals surface area contributed by atoms with E-state index in [0.29, 0.717) is 19.5 Å². The van der Waals surface area contributed by atoms with E-state index in [4.69, 9.17) is 5.73 Å². The minimum Gasteiger partial charge on any atom is -0.329 e. The summed E-state index contributed by atoms with van der Waals surface area (Å²) in [6.07, 6.45) is 0.648. The van der Waals surface area contributed by atoms with Crippen LogP contribution in [0, 0.1) is 5.82 Å². The molecule has 2 unspecified atom stereocenters. The second-order valence-corrected chi connectivity index (χ2v) is 7.55. The maximum Gasteiger partial charge on any atom is 0.151 e. The van der Waals surface area contributed by atoms with Crippen LogP contribution >= 0.6 is 0 Å². The molecular weight excluding hydrogens is 267 g/mol. The zero-order valence-electron chi connectivity index (χ0n) is 10.5. The van der Waals surface area contributed by atoms with Gasteiger partial charge in [0.15, 0.2) is 9.84 Å². The fraction of sp³-hybridized carbons (Fsp3) is 0.538. The lowest BCUT2D eigenvalue weighted by atomic mass is 10.0. The van der Waals surface area contributed by atoms with E-state index in [1.807, 2.05) is 0 Å². The van der Waals surface area contributed by atoms with Crippen molar-refractivity contribution in [2.24, 2.45) is 5.73 Å². The first-order valence-corrected chi connectivity index (χ1v) is 8.27. The molecule has 2 aliphatic heterocycles.